The van der Waals surface area contributed by atoms with Crippen LogP contribution in [0, 0.1) is 5.41 Å². The molecule has 2 rings (SSSR count). The van der Waals surface area contributed by atoms with Gasteiger partial charge < -0.3 is 15.4 Å². The van der Waals surface area contributed by atoms with E-state index in [0.29, 0.717) is 5.69 Å². The minimum Gasteiger partial charge on any atom is -0.399 e. The van der Waals surface area contributed by atoms with Crippen LogP contribution in [0.25, 0.3) is 11.0 Å². The topological polar surface area (TPSA) is 64.1 Å². The fourth-order valence-electron chi connectivity index (χ4n) is 2.85. The average Bonchev–Trinajstić information content (AvgIpc) is 2.75. The monoisotopic (exact) mass is 289 g/mol. The third-order valence-electron chi connectivity index (χ3n) is 4.04. The van der Waals surface area contributed by atoms with Crippen molar-refractivity contribution in [3.63, 3.8) is 0 Å². The number of hydrogen-bond donors (Lipinski definition) is 2. The van der Waals surface area contributed by atoms with Crippen LogP contribution in [-0.2, 0) is 13.2 Å². The number of anilines is 1. The van der Waals surface area contributed by atoms with Crippen LogP contribution in [0.15, 0.2) is 18.2 Å². The van der Waals surface area contributed by atoms with Crippen molar-refractivity contribution in [2.45, 2.75) is 59.6 Å². The Balaban J connectivity index is 2.27. The third-order valence-corrected chi connectivity index (χ3v) is 4.04. The molecule has 116 valence electrons. The fourth-order valence-corrected chi connectivity index (χ4v) is 2.85. The zero-order chi connectivity index (χ0) is 15.5. The summed E-state index contributed by atoms with van der Waals surface area (Å²) in [6, 6.07) is 5.76. The van der Waals surface area contributed by atoms with Crippen LogP contribution in [0.3, 0.4) is 0 Å². The molecule has 0 saturated carbocycles. The van der Waals surface area contributed by atoms with Gasteiger partial charge in [-0.1, -0.05) is 40.0 Å². The van der Waals surface area contributed by atoms with Crippen molar-refractivity contribution >= 4 is 16.7 Å². The van der Waals surface area contributed by atoms with Crippen LogP contribution < -0.4 is 5.73 Å². The summed E-state index contributed by atoms with van der Waals surface area (Å²) in [7, 11) is 0. The second-order valence-corrected chi connectivity index (χ2v) is 6.64. The number of aromatic nitrogens is 2. The summed E-state index contributed by atoms with van der Waals surface area (Å²) >= 11 is 0. The van der Waals surface area contributed by atoms with Gasteiger partial charge in [0.05, 0.1) is 11.0 Å². The highest BCUT2D eigenvalue weighted by Gasteiger charge is 2.21. The second kappa shape index (κ2) is 6.48. The lowest BCUT2D eigenvalue weighted by Crippen LogP contribution is -2.21. The number of nitrogens with two attached hydrogens (primary N) is 1. The van der Waals surface area contributed by atoms with Crippen LogP contribution in [0.1, 0.15) is 52.3 Å². The van der Waals surface area contributed by atoms with Gasteiger partial charge in [0.1, 0.15) is 12.4 Å². The molecule has 3 N–H and O–H groups in total. The molecular weight excluding hydrogens is 262 g/mol. The van der Waals surface area contributed by atoms with Crippen molar-refractivity contribution in [1.29, 1.82) is 0 Å². The zero-order valence-electron chi connectivity index (χ0n) is 13.4. The molecule has 2 aromatic rings. The smallest absolute Gasteiger partial charge is 0.135 e. The highest BCUT2D eigenvalue weighted by Crippen LogP contribution is 2.29. The first-order chi connectivity index (χ1) is 9.96. The molecule has 0 atom stereocenters. The SMILES string of the molecule is CCCCCC(C)(C)Cn1c(CO)nc2cc(N)ccc21. The van der Waals surface area contributed by atoms with Crippen molar-refractivity contribution in [2.24, 2.45) is 5.41 Å². The Hall–Kier alpha value is -1.55. The van der Waals surface area contributed by atoms with Crippen molar-refractivity contribution in [2.75, 3.05) is 5.73 Å². The Morgan fingerprint density at radius 1 is 1.29 bits per heavy atom. The van der Waals surface area contributed by atoms with Gasteiger partial charge in [-0.15, -0.1) is 0 Å². The van der Waals surface area contributed by atoms with Crippen LogP contribution >= 0.6 is 0 Å². The maximum absolute atomic E-state index is 9.59. The van der Waals surface area contributed by atoms with Crippen LogP contribution in [0.4, 0.5) is 5.69 Å². The number of aliphatic hydroxyl groups excluding tert-OH is 1. The summed E-state index contributed by atoms with van der Waals surface area (Å²) < 4.78 is 2.14. The Kier molecular flexibility index (Phi) is 4.88. The van der Waals surface area contributed by atoms with Gasteiger partial charge in [0.25, 0.3) is 0 Å². The van der Waals surface area contributed by atoms with E-state index in [9.17, 15) is 5.11 Å². The van der Waals surface area contributed by atoms with Crippen molar-refractivity contribution in [3.8, 4) is 0 Å². The molecule has 0 bridgehead atoms. The first-order valence-corrected chi connectivity index (χ1v) is 7.82. The minimum atomic E-state index is -0.0420. The predicted molar refractivity (Wildman–Crippen MR) is 88.0 cm³/mol. The van der Waals surface area contributed by atoms with Crippen LogP contribution in [0.2, 0.25) is 0 Å². The average molecular weight is 289 g/mol. The molecule has 0 spiro atoms. The van der Waals surface area contributed by atoms with E-state index in [1.165, 1.54) is 25.7 Å². The maximum atomic E-state index is 9.59. The van der Waals surface area contributed by atoms with E-state index in [-0.39, 0.29) is 12.0 Å². The number of nitrogens with zero attached hydrogens (tertiary/aromatic N) is 2. The lowest BCUT2D eigenvalue weighted by atomic mass is 9.86. The molecule has 1 aromatic heterocycles. The number of hydrogen-bond acceptors (Lipinski definition) is 3. The fraction of sp³-hybridized carbons (Fsp3) is 0.588. The largest absolute Gasteiger partial charge is 0.399 e. The molecule has 21 heavy (non-hydrogen) atoms. The van der Waals surface area contributed by atoms with Gasteiger partial charge in [-0.3, -0.25) is 0 Å². The van der Waals surface area contributed by atoms with E-state index in [2.05, 4.69) is 30.3 Å². The Morgan fingerprint density at radius 3 is 2.71 bits per heavy atom. The number of benzene rings is 1. The van der Waals surface area contributed by atoms with E-state index in [0.717, 1.165) is 23.4 Å². The standard InChI is InChI=1S/C17H27N3O/c1-4-5-6-9-17(2,3)12-20-15-8-7-13(18)10-14(15)19-16(20)11-21/h7-8,10,21H,4-6,9,11-12,18H2,1-3H3. The van der Waals surface area contributed by atoms with Gasteiger partial charge in [0, 0.05) is 12.2 Å². The molecule has 0 aliphatic carbocycles. The third kappa shape index (κ3) is 3.76. The molecule has 0 radical (unpaired) electrons. The van der Waals surface area contributed by atoms with Gasteiger partial charge in [-0.05, 0) is 30.0 Å². The Bertz CT molecular complexity index is 601. The molecule has 0 fully saturated rings. The lowest BCUT2D eigenvalue weighted by Gasteiger charge is -2.26. The summed E-state index contributed by atoms with van der Waals surface area (Å²) in [4.78, 5) is 4.51. The maximum Gasteiger partial charge on any atom is 0.135 e. The molecule has 1 heterocycles. The molecule has 0 aliphatic heterocycles. The van der Waals surface area contributed by atoms with Gasteiger partial charge >= 0.3 is 0 Å². The summed E-state index contributed by atoms with van der Waals surface area (Å²) in [5, 5.41) is 9.59. The molecular formula is C17H27N3O. The Morgan fingerprint density at radius 2 is 2.05 bits per heavy atom. The van der Waals surface area contributed by atoms with Gasteiger partial charge in [0.15, 0.2) is 0 Å². The summed E-state index contributed by atoms with van der Waals surface area (Å²) in [5.74, 6) is 0.721. The van der Waals surface area contributed by atoms with E-state index >= 15 is 0 Å². The van der Waals surface area contributed by atoms with Gasteiger partial charge in [0.2, 0.25) is 0 Å². The molecule has 0 unspecified atom stereocenters. The lowest BCUT2D eigenvalue weighted by molar-refractivity contribution is 0.239. The van der Waals surface area contributed by atoms with Crippen LogP contribution in [-0.4, -0.2) is 14.7 Å². The van der Waals surface area contributed by atoms with Crippen molar-refractivity contribution in [1.82, 2.24) is 9.55 Å². The zero-order valence-corrected chi connectivity index (χ0v) is 13.4. The molecule has 1 aromatic carbocycles. The predicted octanol–water partition coefficient (Wildman–Crippen LogP) is 3.72. The van der Waals surface area contributed by atoms with Crippen molar-refractivity contribution < 1.29 is 5.11 Å². The van der Waals surface area contributed by atoms with E-state index < -0.39 is 0 Å². The van der Waals surface area contributed by atoms with E-state index in [1.54, 1.807) is 0 Å². The van der Waals surface area contributed by atoms with E-state index in [1.807, 2.05) is 18.2 Å². The number of rotatable bonds is 7. The first-order valence-electron chi connectivity index (χ1n) is 7.82. The summed E-state index contributed by atoms with van der Waals surface area (Å²) in [5.41, 5.74) is 8.63. The van der Waals surface area contributed by atoms with Gasteiger partial charge in [-0.2, -0.15) is 0 Å². The number of imidazole rings is 1. The molecule has 0 aliphatic rings. The minimum absolute atomic E-state index is 0.0420. The highest BCUT2D eigenvalue weighted by atomic mass is 16.3. The molecule has 0 saturated heterocycles. The number of nitrogen functional groups attached to an aromatic ring is 1. The number of unbranched alkanes of at least 4 members (excludes halogenated alkanes) is 2. The summed E-state index contributed by atoms with van der Waals surface area (Å²) in [6.45, 7) is 7.62. The summed E-state index contributed by atoms with van der Waals surface area (Å²) in [6.07, 6.45) is 4.95. The number of fused-ring (bicyclic) bond motifs is 1. The van der Waals surface area contributed by atoms with E-state index in [4.69, 9.17) is 5.73 Å². The first kappa shape index (κ1) is 15.8. The van der Waals surface area contributed by atoms with Crippen molar-refractivity contribution in [3.05, 3.63) is 24.0 Å². The quantitative estimate of drug-likeness (QED) is 0.603. The normalized spacial score (nSPS) is 12.2. The van der Waals surface area contributed by atoms with Gasteiger partial charge in [-0.25, -0.2) is 4.98 Å². The Labute approximate surface area is 127 Å². The molecule has 4 heteroatoms. The second-order valence-electron chi connectivity index (χ2n) is 6.64. The molecule has 4 nitrogen and oxygen atoms in total. The van der Waals surface area contributed by atoms with Crippen LogP contribution in [0.5, 0.6) is 0 Å². The molecule has 0 amide bonds. The highest BCUT2D eigenvalue weighted by molar-refractivity contribution is 5.79. The number of aliphatic hydroxyl groups is 1.